The molecule has 0 aliphatic rings. The standard InChI is InChI=1S/C9H19NO2/c1-3-4-5-7(2)6-8(10)9(11)12/h7-8H,3-6,10H2,1-2H3,(H,11,12)/t7-,8+/m1/s1. The summed E-state index contributed by atoms with van der Waals surface area (Å²) in [6, 6.07) is -0.683. The van der Waals surface area contributed by atoms with Crippen molar-refractivity contribution in [2.45, 2.75) is 45.6 Å². The first kappa shape index (κ1) is 11.4. The third-order valence-corrected chi connectivity index (χ3v) is 2.02. The largest absolute Gasteiger partial charge is 0.480 e. The molecule has 2 atom stereocenters. The van der Waals surface area contributed by atoms with Gasteiger partial charge in [0.2, 0.25) is 0 Å². The van der Waals surface area contributed by atoms with Crippen molar-refractivity contribution in [1.82, 2.24) is 0 Å². The third kappa shape index (κ3) is 5.13. The first-order valence-electron chi connectivity index (χ1n) is 4.56. The van der Waals surface area contributed by atoms with Crippen LogP contribution in [0.1, 0.15) is 39.5 Å². The van der Waals surface area contributed by atoms with E-state index in [4.69, 9.17) is 10.8 Å². The second-order valence-corrected chi connectivity index (χ2v) is 3.43. The smallest absolute Gasteiger partial charge is 0.320 e. The molecule has 0 aliphatic heterocycles. The lowest BCUT2D eigenvalue weighted by molar-refractivity contribution is -0.138. The van der Waals surface area contributed by atoms with Gasteiger partial charge in [-0.05, 0) is 12.3 Å². The predicted molar refractivity (Wildman–Crippen MR) is 48.9 cm³/mol. The molecule has 12 heavy (non-hydrogen) atoms. The molecule has 0 spiro atoms. The highest BCUT2D eigenvalue weighted by atomic mass is 16.4. The van der Waals surface area contributed by atoms with Crippen LogP contribution in [0.2, 0.25) is 0 Å². The Labute approximate surface area is 74.0 Å². The lowest BCUT2D eigenvalue weighted by atomic mass is 9.97. The molecule has 0 aromatic heterocycles. The van der Waals surface area contributed by atoms with Crippen LogP contribution in [0.3, 0.4) is 0 Å². The van der Waals surface area contributed by atoms with E-state index in [1.165, 1.54) is 0 Å². The molecule has 0 saturated heterocycles. The molecule has 0 unspecified atom stereocenters. The SMILES string of the molecule is CCCC[C@@H](C)C[C@H](N)C(=O)O. The molecule has 3 N–H and O–H groups in total. The van der Waals surface area contributed by atoms with Gasteiger partial charge < -0.3 is 10.8 Å². The number of aliphatic carboxylic acids is 1. The molecule has 0 heterocycles. The molecular formula is C9H19NO2. The zero-order valence-corrected chi connectivity index (χ0v) is 7.92. The van der Waals surface area contributed by atoms with E-state index in [1.807, 2.05) is 0 Å². The monoisotopic (exact) mass is 173 g/mol. The van der Waals surface area contributed by atoms with Gasteiger partial charge in [-0.15, -0.1) is 0 Å². The van der Waals surface area contributed by atoms with Crippen molar-refractivity contribution in [3.63, 3.8) is 0 Å². The molecule has 0 rings (SSSR count). The summed E-state index contributed by atoms with van der Waals surface area (Å²) in [5.41, 5.74) is 5.39. The zero-order valence-electron chi connectivity index (χ0n) is 7.92. The fourth-order valence-corrected chi connectivity index (χ4v) is 1.20. The van der Waals surface area contributed by atoms with Gasteiger partial charge in [0.05, 0.1) is 0 Å². The minimum Gasteiger partial charge on any atom is -0.480 e. The van der Waals surface area contributed by atoms with Crippen molar-refractivity contribution >= 4 is 5.97 Å². The third-order valence-electron chi connectivity index (χ3n) is 2.02. The van der Waals surface area contributed by atoms with Gasteiger partial charge in [-0.25, -0.2) is 0 Å². The Morgan fingerprint density at radius 1 is 1.58 bits per heavy atom. The van der Waals surface area contributed by atoms with Crippen LogP contribution in [0.25, 0.3) is 0 Å². The Kier molecular flexibility index (Phi) is 5.72. The van der Waals surface area contributed by atoms with E-state index < -0.39 is 12.0 Å². The van der Waals surface area contributed by atoms with Crippen molar-refractivity contribution in [2.24, 2.45) is 11.7 Å². The first-order chi connectivity index (χ1) is 5.57. The fourth-order valence-electron chi connectivity index (χ4n) is 1.20. The highest BCUT2D eigenvalue weighted by Crippen LogP contribution is 2.12. The van der Waals surface area contributed by atoms with E-state index in [0.717, 1.165) is 19.3 Å². The number of nitrogens with two attached hydrogens (primary N) is 1. The van der Waals surface area contributed by atoms with Crippen LogP contribution in [-0.2, 0) is 4.79 Å². The van der Waals surface area contributed by atoms with Crippen molar-refractivity contribution in [3.8, 4) is 0 Å². The molecule has 3 nitrogen and oxygen atoms in total. The van der Waals surface area contributed by atoms with E-state index >= 15 is 0 Å². The molecule has 0 bridgehead atoms. The summed E-state index contributed by atoms with van der Waals surface area (Å²) in [7, 11) is 0. The Hall–Kier alpha value is -0.570. The highest BCUT2D eigenvalue weighted by molar-refractivity contribution is 5.72. The molecule has 3 heteroatoms. The number of carboxylic acids is 1. The van der Waals surface area contributed by atoms with E-state index in [1.54, 1.807) is 0 Å². The second-order valence-electron chi connectivity index (χ2n) is 3.43. The van der Waals surface area contributed by atoms with Gasteiger partial charge in [0.15, 0.2) is 0 Å². The second kappa shape index (κ2) is 6.00. The van der Waals surface area contributed by atoms with Crippen molar-refractivity contribution in [3.05, 3.63) is 0 Å². The van der Waals surface area contributed by atoms with Crippen LogP contribution in [0.4, 0.5) is 0 Å². The molecule has 0 amide bonds. The zero-order chi connectivity index (χ0) is 9.56. The number of rotatable bonds is 6. The number of carboxylic acid groups (broad SMARTS) is 1. The van der Waals surface area contributed by atoms with Crippen LogP contribution < -0.4 is 5.73 Å². The molecule has 0 fully saturated rings. The van der Waals surface area contributed by atoms with Gasteiger partial charge in [-0.3, -0.25) is 4.79 Å². The Morgan fingerprint density at radius 3 is 2.58 bits per heavy atom. The summed E-state index contributed by atoms with van der Waals surface area (Å²) in [5, 5.41) is 8.53. The lowest BCUT2D eigenvalue weighted by Crippen LogP contribution is -2.31. The number of carbonyl (C=O) groups is 1. The average Bonchev–Trinajstić information content (AvgIpc) is 2.00. The highest BCUT2D eigenvalue weighted by Gasteiger charge is 2.14. The Bertz CT molecular complexity index is 136. The summed E-state index contributed by atoms with van der Waals surface area (Å²) in [6.45, 7) is 4.18. The van der Waals surface area contributed by atoms with Gasteiger partial charge in [-0.2, -0.15) is 0 Å². The average molecular weight is 173 g/mol. The van der Waals surface area contributed by atoms with Crippen LogP contribution in [-0.4, -0.2) is 17.1 Å². The maximum atomic E-state index is 10.4. The van der Waals surface area contributed by atoms with Gasteiger partial charge in [-0.1, -0.05) is 33.1 Å². The van der Waals surface area contributed by atoms with E-state index in [2.05, 4.69) is 13.8 Å². The molecule has 72 valence electrons. The topological polar surface area (TPSA) is 63.3 Å². The quantitative estimate of drug-likeness (QED) is 0.641. The molecule has 0 radical (unpaired) electrons. The minimum absolute atomic E-state index is 0.427. The fraction of sp³-hybridized carbons (Fsp3) is 0.889. The molecular weight excluding hydrogens is 154 g/mol. The van der Waals surface area contributed by atoms with Gasteiger partial charge in [0.25, 0.3) is 0 Å². The summed E-state index contributed by atoms with van der Waals surface area (Å²) in [6.07, 6.45) is 3.99. The van der Waals surface area contributed by atoms with Gasteiger partial charge in [0.1, 0.15) is 6.04 Å². The molecule has 0 aliphatic carbocycles. The first-order valence-corrected chi connectivity index (χ1v) is 4.56. The van der Waals surface area contributed by atoms with E-state index in [0.29, 0.717) is 12.3 Å². The van der Waals surface area contributed by atoms with Crippen molar-refractivity contribution in [1.29, 1.82) is 0 Å². The normalized spacial score (nSPS) is 15.6. The lowest BCUT2D eigenvalue weighted by Gasteiger charge is -2.13. The van der Waals surface area contributed by atoms with Crippen LogP contribution in [0, 0.1) is 5.92 Å². The van der Waals surface area contributed by atoms with E-state index in [-0.39, 0.29) is 0 Å². The summed E-state index contributed by atoms with van der Waals surface area (Å²) in [5.74, 6) is -0.464. The summed E-state index contributed by atoms with van der Waals surface area (Å²) >= 11 is 0. The molecule has 0 aromatic carbocycles. The van der Waals surface area contributed by atoms with Crippen LogP contribution >= 0.6 is 0 Å². The Balaban J connectivity index is 3.53. The maximum Gasteiger partial charge on any atom is 0.320 e. The predicted octanol–water partition coefficient (Wildman–Crippen LogP) is 1.61. The van der Waals surface area contributed by atoms with Gasteiger partial charge >= 0.3 is 5.97 Å². The number of hydrogen-bond donors (Lipinski definition) is 2. The number of hydrogen-bond acceptors (Lipinski definition) is 2. The van der Waals surface area contributed by atoms with Crippen molar-refractivity contribution in [2.75, 3.05) is 0 Å². The molecule has 0 saturated carbocycles. The van der Waals surface area contributed by atoms with Gasteiger partial charge in [0, 0.05) is 0 Å². The van der Waals surface area contributed by atoms with Crippen LogP contribution in [0.5, 0.6) is 0 Å². The summed E-state index contributed by atoms with van der Waals surface area (Å²) < 4.78 is 0. The van der Waals surface area contributed by atoms with Crippen LogP contribution in [0.15, 0.2) is 0 Å². The minimum atomic E-state index is -0.890. The maximum absolute atomic E-state index is 10.4. The van der Waals surface area contributed by atoms with E-state index in [9.17, 15) is 4.79 Å². The van der Waals surface area contributed by atoms with Crippen molar-refractivity contribution < 1.29 is 9.90 Å². The summed E-state index contributed by atoms with van der Waals surface area (Å²) in [4.78, 5) is 10.4. The number of unbranched alkanes of at least 4 members (excludes halogenated alkanes) is 1. The Morgan fingerprint density at radius 2 is 2.17 bits per heavy atom. The molecule has 0 aromatic rings.